The molecule has 0 saturated carbocycles. The smallest absolute Gasteiger partial charge is 0.346 e. The molecule has 1 aromatic carbocycles. The molecule has 0 radical (unpaired) electrons. The Morgan fingerprint density at radius 1 is 1.10 bits per heavy atom. The van der Waals surface area contributed by atoms with Crippen LogP contribution in [0.25, 0.3) is 0 Å². The molecule has 3 N–H and O–H groups in total. The number of nitrogen functional groups attached to an aromatic ring is 1. The molecule has 2 aromatic rings. The van der Waals surface area contributed by atoms with Crippen molar-refractivity contribution in [2.24, 2.45) is 5.92 Å². The van der Waals surface area contributed by atoms with Crippen LogP contribution in [0.15, 0.2) is 29.2 Å². The van der Waals surface area contributed by atoms with Gasteiger partial charge in [0.2, 0.25) is 11.8 Å². The number of halogens is 2. The molecule has 158 valence electrons. The van der Waals surface area contributed by atoms with E-state index in [2.05, 4.69) is 9.97 Å². The van der Waals surface area contributed by atoms with Crippen LogP contribution >= 0.6 is 0 Å². The molecule has 2 amide bonds. The van der Waals surface area contributed by atoms with Crippen LogP contribution in [-0.2, 0) is 9.59 Å². The molecule has 11 heteroatoms. The minimum Gasteiger partial charge on any atom is -0.383 e. The van der Waals surface area contributed by atoms with E-state index >= 15 is 0 Å². The summed E-state index contributed by atoms with van der Waals surface area (Å²) in [4.78, 5) is 47.8. The van der Waals surface area contributed by atoms with Crippen LogP contribution < -0.4 is 21.2 Å². The highest BCUT2D eigenvalue weighted by molar-refractivity contribution is 6.09. The van der Waals surface area contributed by atoms with Crippen LogP contribution in [0.5, 0.6) is 0 Å². The average Bonchev–Trinajstić information content (AvgIpc) is 3.11. The van der Waals surface area contributed by atoms with Gasteiger partial charge in [-0.2, -0.15) is 4.98 Å². The van der Waals surface area contributed by atoms with Crippen molar-refractivity contribution in [2.45, 2.75) is 6.42 Å². The number of piperazine rings is 1. The highest BCUT2D eigenvalue weighted by Crippen LogP contribution is 2.28. The molecule has 9 nitrogen and oxygen atoms in total. The Hall–Kier alpha value is -3.50. The molecule has 2 fully saturated rings. The Kier molecular flexibility index (Phi) is 5.10. The molecule has 1 unspecified atom stereocenters. The first-order chi connectivity index (χ1) is 14.3. The third-order valence-electron chi connectivity index (χ3n) is 5.47. The minimum absolute atomic E-state index is 0.211. The van der Waals surface area contributed by atoms with Crippen LogP contribution in [0.1, 0.15) is 6.42 Å². The van der Waals surface area contributed by atoms with Crippen LogP contribution in [0.2, 0.25) is 0 Å². The van der Waals surface area contributed by atoms with Gasteiger partial charge in [0.05, 0.1) is 11.9 Å². The molecule has 30 heavy (non-hydrogen) atoms. The lowest BCUT2D eigenvalue weighted by molar-refractivity contribution is -0.140. The van der Waals surface area contributed by atoms with E-state index in [1.54, 1.807) is 4.90 Å². The molecular formula is C19H20F2N6O3. The maximum atomic E-state index is 13.5. The molecule has 2 saturated heterocycles. The number of anilines is 3. The second-order valence-corrected chi connectivity index (χ2v) is 7.23. The Labute approximate surface area is 170 Å². The van der Waals surface area contributed by atoms with Gasteiger partial charge in [0.15, 0.2) is 11.6 Å². The number of carbonyl (C=O) groups excluding carboxylic acids is 2. The predicted octanol–water partition coefficient (Wildman–Crippen LogP) is 0.332. The van der Waals surface area contributed by atoms with Crippen molar-refractivity contribution in [3.8, 4) is 0 Å². The van der Waals surface area contributed by atoms with E-state index in [-0.39, 0.29) is 24.0 Å². The van der Waals surface area contributed by atoms with Crippen molar-refractivity contribution in [1.29, 1.82) is 0 Å². The predicted molar refractivity (Wildman–Crippen MR) is 105 cm³/mol. The Morgan fingerprint density at radius 3 is 2.50 bits per heavy atom. The summed E-state index contributed by atoms with van der Waals surface area (Å²) in [6, 6.07) is 3.25. The van der Waals surface area contributed by atoms with Gasteiger partial charge in [-0.25, -0.2) is 13.6 Å². The first kappa shape index (κ1) is 19.8. The molecule has 4 rings (SSSR count). The third-order valence-corrected chi connectivity index (χ3v) is 5.47. The van der Waals surface area contributed by atoms with Crippen molar-refractivity contribution in [3.63, 3.8) is 0 Å². The number of amides is 2. The number of nitrogens with zero attached hydrogens (tertiary/aromatic N) is 4. The van der Waals surface area contributed by atoms with Gasteiger partial charge in [-0.1, -0.05) is 0 Å². The molecule has 1 atom stereocenters. The van der Waals surface area contributed by atoms with Crippen molar-refractivity contribution in [3.05, 3.63) is 46.5 Å². The summed E-state index contributed by atoms with van der Waals surface area (Å²) in [5.74, 6) is -3.36. The van der Waals surface area contributed by atoms with Gasteiger partial charge >= 0.3 is 5.69 Å². The maximum Gasteiger partial charge on any atom is 0.346 e. The van der Waals surface area contributed by atoms with Crippen LogP contribution in [0.3, 0.4) is 0 Å². The summed E-state index contributed by atoms with van der Waals surface area (Å²) in [6.45, 7) is 1.97. The summed E-state index contributed by atoms with van der Waals surface area (Å²) in [6.07, 6.45) is 1.71. The second kappa shape index (κ2) is 7.73. The normalized spacial score (nSPS) is 19.5. The van der Waals surface area contributed by atoms with Crippen molar-refractivity contribution < 1.29 is 18.4 Å². The summed E-state index contributed by atoms with van der Waals surface area (Å²) in [7, 11) is 0. The van der Waals surface area contributed by atoms with E-state index in [4.69, 9.17) is 5.73 Å². The number of nitrogens with one attached hydrogen (secondary N) is 1. The summed E-state index contributed by atoms with van der Waals surface area (Å²) in [5.41, 5.74) is 6.13. The van der Waals surface area contributed by atoms with E-state index in [0.717, 1.165) is 12.1 Å². The van der Waals surface area contributed by atoms with Gasteiger partial charge in [0.25, 0.3) is 0 Å². The van der Waals surface area contributed by atoms with Gasteiger partial charge in [-0.3, -0.25) is 14.6 Å². The largest absolute Gasteiger partial charge is 0.383 e. The van der Waals surface area contributed by atoms with Gasteiger partial charge in [-0.05, 0) is 18.6 Å². The van der Waals surface area contributed by atoms with Gasteiger partial charge in [0.1, 0.15) is 11.7 Å². The van der Waals surface area contributed by atoms with Crippen molar-refractivity contribution in [1.82, 2.24) is 14.9 Å². The zero-order valence-corrected chi connectivity index (χ0v) is 16.0. The number of carbonyl (C=O) groups is 2. The minimum atomic E-state index is -1.04. The van der Waals surface area contributed by atoms with E-state index in [1.807, 2.05) is 4.90 Å². The lowest BCUT2D eigenvalue weighted by Crippen LogP contribution is -2.51. The fourth-order valence-electron chi connectivity index (χ4n) is 3.86. The number of benzene rings is 1. The zero-order chi connectivity index (χ0) is 21.4. The number of hydrogen-bond donors (Lipinski definition) is 2. The fourth-order valence-corrected chi connectivity index (χ4v) is 3.86. The Balaban J connectivity index is 1.40. The molecule has 0 bridgehead atoms. The zero-order valence-electron chi connectivity index (χ0n) is 16.0. The number of aromatic amines is 1. The topological polar surface area (TPSA) is 116 Å². The van der Waals surface area contributed by atoms with Gasteiger partial charge in [-0.15, -0.1) is 0 Å². The molecule has 2 aliphatic rings. The van der Waals surface area contributed by atoms with Crippen LogP contribution in [-0.4, -0.2) is 59.4 Å². The average molecular weight is 418 g/mol. The summed E-state index contributed by atoms with van der Waals surface area (Å²) in [5, 5.41) is 0. The monoisotopic (exact) mass is 418 g/mol. The summed E-state index contributed by atoms with van der Waals surface area (Å²) >= 11 is 0. The number of H-pyrrole nitrogens is 1. The van der Waals surface area contributed by atoms with Crippen molar-refractivity contribution in [2.75, 3.05) is 48.3 Å². The van der Waals surface area contributed by atoms with E-state index in [9.17, 15) is 23.2 Å². The van der Waals surface area contributed by atoms with E-state index < -0.39 is 29.1 Å². The van der Waals surface area contributed by atoms with Crippen LogP contribution in [0.4, 0.5) is 26.0 Å². The first-order valence-electron chi connectivity index (χ1n) is 9.50. The third kappa shape index (κ3) is 3.58. The fraction of sp³-hybridized carbons (Fsp3) is 0.368. The molecular weight excluding hydrogens is 398 g/mol. The maximum absolute atomic E-state index is 13.5. The number of rotatable bonds is 3. The SMILES string of the molecule is Nc1[nH]c(=O)ncc1N1CCN(C(=O)C2CCN(c3ccc(F)c(F)c3)C2=O)CC1. The lowest BCUT2D eigenvalue weighted by Gasteiger charge is -2.37. The van der Waals surface area contributed by atoms with Gasteiger partial charge in [0, 0.05) is 44.5 Å². The molecule has 3 heterocycles. The molecule has 0 spiro atoms. The van der Waals surface area contributed by atoms with E-state index in [1.165, 1.54) is 17.2 Å². The number of nitrogens with two attached hydrogens (primary N) is 1. The highest BCUT2D eigenvalue weighted by atomic mass is 19.2. The first-order valence-corrected chi connectivity index (χ1v) is 9.50. The highest BCUT2D eigenvalue weighted by Gasteiger charge is 2.40. The number of hydrogen-bond acceptors (Lipinski definition) is 6. The standard InChI is InChI=1S/C19H20F2N6O3/c20-13-2-1-11(9-14(13)21)27-4-3-12(18(27)29)17(28)26-7-5-25(6-8-26)15-10-23-19(30)24-16(15)22/h1-2,9-10,12H,3-8H2,(H3,22,23,24,30). The molecule has 1 aromatic heterocycles. The summed E-state index contributed by atoms with van der Waals surface area (Å²) < 4.78 is 26.7. The van der Waals surface area contributed by atoms with Crippen molar-refractivity contribution >= 4 is 29.0 Å². The second-order valence-electron chi connectivity index (χ2n) is 7.23. The Bertz CT molecular complexity index is 1050. The quantitative estimate of drug-likeness (QED) is 0.695. The van der Waals surface area contributed by atoms with Crippen LogP contribution in [0, 0.1) is 17.6 Å². The molecule has 2 aliphatic heterocycles. The Morgan fingerprint density at radius 2 is 1.83 bits per heavy atom. The number of aromatic nitrogens is 2. The molecule has 0 aliphatic carbocycles. The van der Waals surface area contributed by atoms with Gasteiger partial charge < -0.3 is 20.4 Å². The lowest BCUT2D eigenvalue weighted by atomic mass is 10.1. The van der Waals surface area contributed by atoms with E-state index in [0.29, 0.717) is 38.3 Å².